The van der Waals surface area contributed by atoms with Gasteiger partial charge < -0.3 is 14.2 Å². The van der Waals surface area contributed by atoms with Crippen LogP contribution in [0.15, 0.2) is 23.2 Å². The molecule has 78 valence electrons. The Hall–Kier alpha value is -1.82. The first-order chi connectivity index (χ1) is 7.16. The van der Waals surface area contributed by atoms with Gasteiger partial charge in [0.1, 0.15) is 5.69 Å². The topological polar surface area (TPSA) is 81.1 Å². The summed E-state index contributed by atoms with van der Waals surface area (Å²) in [5.41, 5.74) is 0.0878. The van der Waals surface area contributed by atoms with Gasteiger partial charge in [0.15, 0.2) is 5.82 Å². The maximum absolute atomic E-state index is 10.8. The summed E-state index contributed by atoms with van der Waals surface area (Å²) >= 11 is 5.70. The molecule has 2 aromatic rings. The predicted octanol–water partition coefficient (Wildman–Crippen LogP) is 1.27. The molecule has 0 atom stereocenters. The van der Waals surface area contributed by atoms with Crippen molar-refractivity contribution in [1.82, 2.24) is 14.7 Å². The van der Waals surface area contributed by atoms with Gasteiger partial charge in [-0.1, -0.05) is 16.8 Å². The lowest BCUT2D eigenvalue weighted by Gasteiger charge is -2.01. The SMILES string of the molecule is O=C(O)c1cc(Cl)cn1Cc1ncon1. The van der Waals surface area contributed by atoms with E-state index in [1.165, 1.54) is 23.2 Å². The first-order valence-corrected chi connectivity index (χ1v) is 4.39. The van der Waals surface area contributed by atoms with Crippen molar-refractivity contribution in [1.29, 1.82) is 0 Å². The molecule has 7 heteroatoms. The number of halogens is 1. The molecule has 2 rings (SSSR count). The lowest BCUT2D eigenvalue weighted by atomic mass is 10.4. The summed E-state index contributed by atoms with van der Waals surface area (Å²) in [4.78, 5) is 14.6. The molecule has 0 saturated heterocycles. The third kappa shape index (κ3) is 1.99. The number of carboxylic acid groups (broad SMARTS) is 1. The summed E-state index contributed by atoms with van der Waals surface area (Å²) in [6.45, 7) is 0.213. The number of aromatic carboxylic acids is 1. The second-order valence-corrected chi connectivity index (χ2v) is 3.26. The lowest BCUT2D eigenvalue weighted by Crippen LogP contribution is -2.09. The van der Waals surface area contributed by atoms with Gasteiger partial charge in [0.2, 0.25) is 6.39 Å². The summed E-state index contributed by atoms with van der Waals surface area (Å²) < 4.78 is 5.98. The van der Waals surface area contributed by atoms with Crippen molar-refractivity contribution < 1.29 is 14.4 Å². The number of aromatic nitrogens is 3. The molecular formula is C8H6ClN3O3. The van der Waals surface area contributed by atoms with Gasteiger partial charge in [-0.3, -0.25) is 0 Å². The lowest BCUT2D eigenvalue weighted by molar-refractivity contribution is 0.0685. The van der Waals surface area contributed by atoms with Crippen molar-refractivity contribution in [3.63, 3.8) is 0 Å². The summed E-state index contributed by atoms with van der Waals surface area (Å²) in [6.07, 6.45) is 2.68. The minimum atomic E-state index is -1.05. The van der Waals surface area contributed by atoms with Crippen LogP contribution in [0.4, 0.5) is 0 Å². The Kier molecular flexibility index (Phi) is 2.42. The molecule has 1 N–H and O–H groups in total. The second-order valence-electron chi connectivity index (χ2n) is 2.82. The molecule has 0 radical (unpaired) electrons. The maximum atomic E-state index is 10.8. The van der Waals surface area contributed by atoms with E-state index in [2.05, 4.69) is 14.7 Å². The highest BCUT2D eigenvalue weighted by atomic mass is 35.5. The van der Waals surface area contributed by atoms with E-state index in [1.54, 1.807) is 0 Å². The van der Waals surface area contributed by atoms with E-state index in [4.69, 9.17) is 16.7 Å². The Balaban J connectivity index is 2.31. The van der Waals surface area contributed by atoms with Gasteiger partial charge in [0, 0.05) is 6.20 Å². The van der Waals surface area contributed by atoms with Gasteiger partial charge in [-0.25, -0.2) is 4.79 Å². The molecule has 2 aromatic heterocycles. The first kappa shape index (κ1) is 9.72. The highest BCUT2D eigenvalue weighted by Gasteiger charge is 2.13. The van der Waals surface area contributed by atoms with Crippen molar-refractivity contribution in [2.45, 2.75) is 6.54 Å². The van der Waals surface area contributed by atoms with Crippen LogP contribution in [-0.2, 0) is 6.54 Å². The van der Waals surface area contributed by atoms with Gasteiger partial charge in [0.25, 0.3) is 0 Å². The highest BCUT2D eigenvalue weighted by molar-refractivity contribution is 6.30. The maximum Gasteiger partial charge on any atom is 0.352 e. The van der Waals surface area contributed by atoms with Crippen molar-refractivity contribution >= 4 is 17.6 Å². The van der Waals surface area contributed by atoms with E-state index < -0.39 is 5.97 Å². The van der Waals surface area contributed by atoms with E-state index in [0.29, 0.717) is 10.8 Å². The molecule has 6 nitrogen and oxygen atoms in total. The molecule has 15 heavy (non-hydrogen) atoms. The normalized spacial score (nSPS) is 10.5. The smallest absolute Gasteiger partial charge is 0.352 e. The third-order valence-corrected chi connectivity index (χ3v) is 2.01. The van der Waals surface area contributed by atoms with Crippen molar-refractivity contribution in [2.75, 3.05) is 0 Å². The van der Waals surface area contributed by atoms with E-state index in [-0.39, 0.29) is 12.2 Å². The van der Waals surface area contributed by atoms with Gasteiger partial charge in [0.05, 0.1) is 11.6 Å². The second kappa shape index (κ2) is 3.74. The zero-order valence-corrected chi connectivity index (χ0v) is 8.18. The molecule has 2 heterocycles. The summed E-state index contributed by atoms with van der Waals surface area (Å²) in [6, 6.07) is 1.37. The Bertz CT molecular complexity index is 477. The molecular weight excluding hydrogens is 222 g/mol. The summed E-state index contributed by atoms with van der Waals surface area (Å²) in [5, 5.41) is 12.8. The van der Waals surface area contributed by atoms with Gasteiger partial charge in [-0.05, 0) is 6.07 Å². The van der Waals surface area contributed by atoms with Crippen LogP contribution < -0.4 is 0 Å². The number of hydrogen-bond donors (Lipinski definition) is 1. The molecule has 0 spiro atoms. The molecule has 0 saturated carbocycles. The molecule has 0 aliphatic heterocycles. The average molecular weight is 228 g/mol. The van der Waals surface area contributed by atoms with E-state index in [0.717, 1.165) is 0 Å². The van der Waals surface area contributed by atoms with Crippen LogP contribution in [0.1, 0.15) is 16.3 Å². The fourth-order valence-electron chi connectivity index (χ4n) is 1.20. The largest absolute Gasteiger partial charge is 0.477 e. The van der Waals surface area contributed by atoms with Crippen LogP contribution in [0.3, 0.4) is 0 Å². The van der Waals surface area contributed by atoms with E-state index in [9.17, 15) is 4.79 Å². The van der Waals surface area contributed by atoms with E-state index in [1.807, 2.05) is 0 Å². The van der Waals surface area contributed by atoms with Gasteiger partial charge >= 0.3 is 5.97 Å². The fourth-order valence-corrected chi connectivity index (χ4v) is 1.42. The Morgan fingerprint density at radius 2 is 2.47 bits per heavy atom. The summed E-state index contributed by atoms with van der Waals surface area (Å²) in [7, 11) is 0. The molecule has 0 unspecified atom stereocenters. The average Bonchev–Trinajstić information content (AvgIpc) is 2.75. The number of carboxylic acids is 1. The zero-order valence-electron chi connectivity index (χ0n) is 7.42. The summed E-state index contributed by atoms with van der Waals surface area (Å²) in [5.74, 6) is -0.657. The molecule has 0 aliphatic rings. The fraction of sp³-hybridized carbons (Fsp3) is 0.125. The molecule has 0 amide bonds. The quantitative estimate of drug-likeness (QED) is 0.854. The minimum absolute atomic E-state index is 0.0878. The standard InChI is InChI=1S/C8H6ClN3O3/c9-5-1-6(8(13)14)12(2-5)3-7-10-4-15-11-7/h1-2,4H,3H2,(H,13,14). The van der Waals surface area contributed by atoms with Crippen molar-refractivity contribution in [3.8, 4) is 0 Å². The highest BCUT2D eigenvalue weighted by Crippen LogP contribution is 2.15. The molecule has 0 aliphatic carbocycles. The number of nitrogens with zero attached hydrogens (tertiary/aromatic N) is 3. The van der Waals surface area contributed by atoms with Crippen LogP contribution in [0, 0.1) is 0 Å². The zero-order chi connectivity index (χ0) is 10.8. The molecule has 0 aromatic carbocycles. The number of rotatable bonds is 3. The Labute approximate surface area is 89.1 Å². The Morgan fingerprint density at radius 3 is 3.07 bits per heavy atom. The van der Waals surface area contributed by atoms with Crippen LogP contribution in [0.5, 0.6) is 0 Å². The minimum Gasteiger partial charge on any atom is -0.477 e. The van der Waals surface area contributed by atoms with Crippen LogP contribution >= 0.6 is 11.6 Å². The number of carbonyl (C=O) groups is 1. The van der Waals surface area contributed by atoms with Crippen LogP contribution in [0.25, 0.3) is 0 Å². The van der Waals surface area contributed by atoms with Crippen molar-refractivity contribution in [2.24, 2.45) is 0 Å². The van der Waals surface area contributed by atoms with Gasteiger partial charge in [-0.15, -0.1) is 0 Å². The van der Waals surface area contributed by atoms with Crippen LogP contribution in [0.2, 0.25) is 5.02 Å². The third-order valence-electron chi connectivity index (χ3n) is 1.80. The van der Waals surface area contributed by atoms with Crippen molar-refractivity contribution in [3.05, 3.63) is 35.2 Å². The number of hydrogen-bond acceptors (Lipinski definition) is 4. The molecule has 0 bridgehead atoms. The van der Waals surface area contributed by atoms with Crippen LogP contribution in [-0.4, -0.2) is 25.8 Å². The van der Waals surface area contributed by atoms with E-state index >= 15 is 0 Å². The predicted molar refractivity (Wildman–Crippen MR) is 49.8 cm³/mol. The Morgan fingerprint density at radius 1 is 1.67 bits per heavy atom. The van der Waals surface area contributed by atoms with Gasteiger partial charge in [-0.2, -0.15) is 4.98 Å². The molecule has 0 fully saturated rings. The monoisotopic (exact) mass is 227 g/mol. The first-order valence-electron chi connectivity index (χ1n) is 4.01.